The van der Waals surface area contributed by atoms with Gasteiger partial charge in [-0.1, -0.05) is 0 Å². The number of fused-ring (bicyclic) bond motifs is 1. The van der Waals surface area contributed by atoms with Crippen molar-refractivity contribution in [1.29, 1.82) is 0 Å². The second-order valence-electron chi connectivity index (χ2n) is 3.22. The Balaban J connectivity index is 2.81. The smallest absolute Gasteiger partial charge is 0.372 e. The highest BCUT2D eigenvalue weighted by molar-refractivity contribution is 5.97. The number of carboxylic acids is 2. The minimum Gasteiger partial charge on any atom is -0.497 e. The Morgan fingerprint density at radius 2 is 2.06 bits per heavy atom. The van der Waals surface area contributed by atoms with Crippen LogP contribution in [0.15, 0.2) is 18.3 Å². The average molecular weight is 236 g/mol. The summed E-state index contributed by atoms with van der Waals surface area (Å²) in [5.74, 6) is -2.50. The van der Waals surface area contributed by atoms with Crippen LogP contribution in [0.2, 0.25) is 0 Å². The molecule has 0 unspecified atom stereocenters. The number of rotatable bonds is 3. The van der Waals surface area contributed by atoms with E-state index in [-0.39, 0.29) is 17.0 Å². The zero-order chi connectivity index (χ0) is 12.6. The first-order valence-corrected chi connectivity index (χ1v) is 4.57. The van der Waals surface area contributed by atoms with Crippen molar-refractivity contribution in [3.8, 4) is 5.75 Å². The monoisotopic (exact) mass is 236 g/mol. The third kappa shape index (κ3) is 1.67. The number of nitrogens with zero attached hydrogens (tertiary/aromatic N) is 2. The third-order valence-corrected chi connectivity index (χ3v) is 2.24. The van der Waals surface area contributed by atoms with Gasteiger partial charge in [-0.25, -0.2) is 14.6 Å². The van der Waals surface area contributed by atoms with Crippen molar-refractivity contribution in [3.05, 3.63) is 29.8 Å². The van der Waals surface area contributed by atoms with Crippen molar-refractivity contribution in [2.75, 3.05) is 7.11 Å². The summed E-state index contributed by atoms with van der Waals surface area (Å²) in [4.78, 5) is 25.4. The Morgan fingerprint density at radius 3 is 2.59 bits per heavy atom. The highest BCUT2D eigenvalue weighted by Crippen LogP contribution is 2.19. The Hall–Kier alpha value is -2.57. The molecule has 2 aromatic heterocycles. The van der Waals surface area contributed by atoms with E-state index in [2.05, 4.69) is 4.98 Å². The van der Waals surface area contributed by atoms with Crippen molar-refractivity contribution in [2.24, 2.45) is 0 Å². The van der Waals surface area contributed by atoms with Crippen LogP contribution in [-0.4, -0.2) is 38.6 Å². The summed E-state index contributed by atoms with van der Waals surface area (Å²) in [7, 11) is 1.43. The second-order valence-corrected chi connectivity index (χ2v) is 3.22. The van der Waals surface area contributed by atoms with Crippen molar-refractivity contribution >= 4 is 17.5 Å². The molecule has 2 aromatic rings. The summed E-state index contributed by atoms with van der Waals surface area (Å²) >= 11 is 0. The minimum absolute atomic E-state index is 0.175. The number of ether oxygens (including phenoxy) is 1. The maximum atomic E-state index is 10.9. The maximum absolute atomic E-state index is 10.9. The van der Waals surface area contributed by atoms with Crippen LogP contribution in [0, 0.1) is 0 Å². The molecule has 17 heavy (non-hydrogen) atoms. The van der Waals surface area contributed by atoms with Crippen molar-refractivity contribution in [2.45, 2.75) is 0 Å². The van der Waals surface area contributed by atoms with Crippen LogP contribution in [0.3, 0.4) is 0 Å². The Bertz CT molecular complexity index is 616. The Labute approximate surface area is 94.9 Å². The van der Waals surface area contributed by atoms with E-state index in [0.717, 1.165) is 0 Å². The number of hydrogen-bond donors (Lipinski definition) is 2. The molecule has 2 rings (SSSR count). The fourth-order valence-electron chi connectivity index (χ4n) is 1.50. The van der Waals surface area contributed by atoms with Gasteiger partial charge in [-0.3, -0.25) is 4.40 Å². The molecule has 88 valence electrons. The lowest BCUT2D eigenvalue weighted by molar-refractivity contribution is 0.0682. The lowest BCUT2D eigenvalue weighted by atomic mass is 10.3. The van der Waals surface area contributed by atoms with Gasteiger partial charge >= 0.3 is 11.9 Å². The first-order chi connectivity index (χ1) is 8.04. The number of hydrogen-bond acceptors (Lipinski definition) is 4. The van der Waals surface area contributed by atoms with E-state index in [4.69, 9.17) is 14.9 Å². The zero-order valence-corrected chi connectivity index (χ0v) is 8.75. The van der Waals surface area contributed by atoms with Crippen LogP contribution in [0.1, 0.15) is 21.1 Å². The van der Waals surface area contributed by atoms with Gasteiger partial charge in [-0.05, 0) is 6.07 Å². The van der Waals surface area contributed by atoms with E-state index in [0.29, 0.717) is 5.75 Å². The molecule has 2 heterocycles. The standard InChI is InChI=1S/C10H8N2O5/c1-17-5-2-3-12-6(4-5)7(9(13)14)11-8(12)10(15)16/h2-4H,1H3,(H,13,14)(H,15,16). The number of pyridine rings is 1. The first-order valence-electron chi connectivity index (χ1n) is 4.57. The molecule has 0 fully saturated rings. The predicted molar refractivity (Wildman–Crippen MR) is 55.7 cm³/mol. The van der Waals surface area contributed by atoms with E-state index in [1.807, 2.05) is 0 Å². The molecule has 0 aliphatic rings. The third-order valence-electron chi connectivity index (χ3n) is 2.24. The van der Waals surface area contributed by atoms with Crippen LogP contribution < -0.4 is 4.74 Å². The van der Waals surface area contributed by atoms with Gasteiger partial charge in [0.25, 0.3) is 0 Å². The quantitative estimate of drug-likeness (QED) is 0.814. The highest BCUT2D eigenvalue weighted by Gasteiger charge is 2.20. The van der Waals surface area contributed by atoms with E-state index in [9.17, 15) is 9.59 Å². The van der Waals surface area contributed by atoms with Crippen LogP contribution in [0.5, 0.6) is 5.75 Å². The average Bonchev–Trinajstić information content (AvgIpc) is 2.67. The molecule has 0 bridgehead atoms. The Morgan fingerprint density at radius 1 is 1.35 bits per heavy atom. The fraction of sp³-hybridized carbons (Fsp3) is 0.100. The van der Waals surface area contributed by atoms with Gasteiger partial charge in [-0.2, -0.15) is 0 Å². The predicted octanol–water partition coefficient (Wildman–Crippen LogP) is 0.739. The molecule has 0 aromatic carbocycles. The number of carbonyl (C=O) groups is 2. The fourth-order valence-corrected chi connectivity index (χ4v) is 1.50. The van der Waals surface area contributed by atoms with Gasteiger partial charge in [0, 0.05) is 12.3 Å². The van der Waals surface area contributed by atoms with Gasteiger partial charge in [0.15, 0.2) is 5.69 Å². The largest absolute Gasteiger partial charge is 0.497 e. The molecule has 7 nitrogen and oxygen atoms in total. The molecule has 0 saturated carbocycles. The van der Waals surface area contributed by atoms with Crippen LogP contribution in [0.4, 0.5) is 0 Å². The van der Waals surface area contributed by atoms with E-state index >= 15 is 0 Å². The van der Waals surface area contributed by atoms with E-state index in [1.165, 1.54) is 29.8 Å². The van der Waals surface area contributed by atoms with Crippen LogP contribution in [0.25, 0.3) is 5.52 Å². The molecule has 7 heteroatoms. The van der Waals surface area contributed by atoms with Gasteiger partial charge in [0.1, 0.15) is 5.75 Å². The normalized spacial score (nSPS) is 10.4. The molecule has 0 aliphatic carbocycles. The van der Waals surface area contributed by atoms with Gasteiger partial charge < -0.3 is 14.9 Å². The summed E-state index contributed by atoms with van der Waals surface area (Å²) in [5, 5.41) is 17.8. The van der Waals surface area contributed by atoms with Gasteiger partial charge in [-0.15, -0.1) is 0 Å². The Kier molecular flexibility index (Phi) is 2.43. The zero-order valence-electron chi connectivity index (χ0n) is 8.75. The van der Waals surface area contributed by atoms with Crippen molar-refractivity contribution < 1.29 is 24.5 Å². The topological polar surface area (TPSA) is 101 Å². The summed E-state index contributed by atoms with van der Waals surface area (Å²) < 4.78 is 6.13. The number of methoxy groups -OCH3 is 1. The van der Waals surface area contributed by atoms with Gasteiger partial charge in [0.2, 0.25) is 5.82 Å². The van der Waals surface area contributed by atoms with Crippen molar-refractivity contribution in [3.63, 3.8) is 0 Å². The number of imidazole rings is 1. The number of aromatic carboxylic acids is 2. The first kappa shape index (κ1) is 10.9. The van der Waals surface area contributed by atoms with E-state index in [1.54, 1.807) is 0 Å². The lowest BCUT2D eigenvalue weighted by Crippen LogP contribution is -2.03. The summed E-state index contributed by atoms with van der Waals surface area (Å²) in [6, 6.07) is 2.94. The molecule has 0 atom stereocenters. The van der Waals surface area contributed by atoms with Crippen molar-refractivity contribution in [1.82, 2.24) is 9.38 Å². The van der Waals surface area contributed by atoms with E-state index < -0.39 is 11.9 Å². The van der Waals surface area contributed by atoms with Crippen LogP contribution >= 0.6 is 0 Å². The maximum Gasteiger partial charge on any atom is 0.372 e. The summed E-state index contributed by atoms with van der Waals surface area (Å²) in [5.41, 5.74) is -0.143. The molecular formula is C10H8N2O5. The molecular weight excluding hydrogens is 228 g/mol. The van der Waals surface area contributed by atoms with Gasteiger partial charge in [0.05, 0.1) is 12.6 Å². The SMILES string of the molecule is COc1ccn2c(C(=O)O)nc(C(=O)O)c2c1. The second kappa shape index (κ2) is 3.78. The summed E-state index contributed by atoms with van der Waals surface area (Å²) in [6.07, 6.45) is 1.40. The molecule has 0 spiro atoms. The summed E-state index contributed by atoms with van der Waals surface area (Å²) in [6.45, 7) is 0. The molecule has 0 saturated heterocycles. The highest BCUT2D eigenvalue weighted by atomic mass is 16.5. The number of aromatic nitrogens is 2. The molecule has 0 amide bonds. The lowest BCUT2D eigenvalue weighted by Gasteiger charge is -2.01. The van der Waals surface area contributed by atoms with Crippen LogP contribution in [-0.2, 0) is 0 Å². The molecule has 0 aliphatic heterocycles. The molecule has 2 N–H and O–H groups in total. The molecule has 0 radical (unpaired) electrons. The number of carboxylic acid groups (broad SMARTS) is 2. The minimum atomic E-state index is -1.29.